The molecule has 1 aromatic rings. The zero-order chi connectivity index (χ0) is 13.7. The molecule has 0 bridgehead atoms. The third-order valence-corrected chi connectivity index (χ3v) is 3.70. The lowest BCUT2D eigenvalue weighted by molar-refractivity contribution is -0.117. The summed E-state index contributed by atoms with van der Waals surface area (Å²) in [4.78, 5) is 12.0. The van der Waals surface area contributed by atoms with Crippen LogP contribution in [0.25, 0.3) is 5.03 Å². The number of hydrogen-bond acceptors (Lipinski definition) is 2. The van der Waals surface area contributed by atoms with E-state index in [-0.39, 0.29) is 12.0 Å². The van der Waals surface area contributed by atoms with Crippen LogP contribution in [0, 0.1) is 0 Å². The predicted octanol–water partition coefficient (Wildman–Crippen LogP) is 2.95. The third-order valence-electron chi connectivity index (χ3n) is 3.25. The van der Waals surface area contributed by atoms with E-state index in [2.05, 4.69) is 5.32 Å². The second-order valence-electron chi connectivity index (χ2n) is 4.58. The molecule has 0 aromatic heterocycles. The van der Waals surface area contributed by atoms with E-state index in [1.807, 2.05) is 30.3 Å². The maximum atomic E-state index is 12.0. The molecule has 102 valence electrons. The van der Waals surface area contributed by atoms with Crippen molar-refractivity contribution in [2.24, 2.45) is 0 Å². The summed E-state index contributed by atoms with van der Waals surface area (Å²) in [5, 5.41) is 3.16. The fourth-order valence-electron chi connectivity index (χ4n) is 2.22. The first-order valence-electron chi connectivity index (χ1n) is 6.50. The van der Waals surface area contributed by atoms with Crippen LogP contribution in [0.3, 0.4) is 0 Å². The number of rotatable bonds is 4. The molecule has 1 N–H and O–H groups in total. The average molecular weight is 280 g/mol. The van der Waals surface area contributed by atoms with Crippen molar-refractivity contribution in [1.29, 1.82) is 0 Å². The molecule has 1 fully saturated rings. The Morgan fingerprint density at radius 1 is 1.42 bits per heavy atom. The van der Waals surface area contributed by atoms with Crippen molar-refractivity contribution in [1.82, 2.24) is 5.32 Å². The minimum atomic E-state index is -0.135. The Morgan fingerprint density at radius 3 is 2.74 bits per heavy atom. The molecule has 1 unspecified atom stereocenters. The summed E-state index contributed by atoms with van der Waals surface area (Å²) >= 11 is 6.39. The summed E-state index contributed by atoms with van der Waals surface area (Å²) in [6.45, 7) is 0.772. The van der Waals surface area contributed by atoms with Gasteiger partial charge in [-0.3, -0.25) is 4.79 Å². The van der Waals surface area contributed by atoms with Gasteiger partial charge in [-0.05, 0) is 18.4 Å². The highest BCUT2D eigenvalue weighted by Crippen LogP contribution is 2.29. The summed E-state index contributed by atoms with van der Waals surface area (Å²) in [6, 6.07) is 9.55. The highest BCUT2D eigenvalue weighted by atomic mass is 35.5. The summed E-state index contributed by atoms with van der Waals surface area (Å²) in [6.07, 6.45) is 2.70. The molecule has 0 spiro atoms. The van der Waals surface area contributed by atoms with Crippen molar-refractivity contribution in [2.75, 3.05) is 13.7 Å². The lowest BCUT2D eigenvalue weighted by Crippen LogP contribution is -2.23. The van der Waals surface area contributed by atoms with Crippen molar-refractivity contribution < 1.29 is 9.53 Å². The number of ether oxygens (including phenoxy) is 1. The predicted molar refractivity (Wildman–Crippen MR) is 76.9 cm³/mol. The van der Waals surface area contributed by atoms with Crippen molar-refractivity contribution in [2.45, 2.75) is 25.4 Å². The summed E-state index contributed by atoms with van der Waals surface area (Å²) < 4.78 is 5.59. The van der Waals surface area contributed by atoms with Gasteiger partial charge in [0.15, 0.2) is 0 Å². The number of amides is 1. The Bertz CT molecular complexity index is 464. The molecule has 0 aliphatic carbocycles. The largest absolute Gasteiger partial charge is 0.378 e. The van der Waals surface area contributed by atoms with Crippen LogP contribution >= 0.6 is 11.6 Å². The van der Waals surface area contributed by atoms with Crippen LogP contribution < -0.4 is 5.32 Å². The van der Waals surface area contributed by atoms with Gasteiger partial charge >= 0.3 is 0 Å². The molecule has 2 rings (SSSR count). The number of halogens is 1. The van der Waals surface area contributed by atoms with Gasteiger partial charge in [0, 0.05) is 25.6 Å². The monoisotopic (exact) mass is 279 g/mol. The molecule has 1 heterocycles. The van der Waals surface area contributed by atoms with Gasteiger partial charge in [0.2, 0.25) is 5.91 Å². The number of hydrogen-bond donors (Lipinski definition) is 1. The van der Waals surface area contributed by atoms with Crippen molar-refractivity contribution in [3.05, 3.63) is 41.5 Å². The van der Waals surface area contributed by atoms with Crippen LogP contribution in [-0.2, 0) is 9.53 Å². The second kappa shape index (κ2) is 6.73. The molecule has 1 aliphatic heterocycles. The van der Waals surface area contributed by atoms with Crippen molar-refractivity contribution >= 4 is 22.5 Å². The van der Waals surface area contributed by atoms with Gasteiger partial charge in [0.1, 0.15) is 0 Å². The molecular weight excluding hydrogens is 262 g/mol. The van der Waals surface area contributed by atoms with Gasteiger partial charge in [-0.25, -0.2) is 0 Å². The maximum Gasteiger partial charge on any atom is 0.248 e. The zero-order valence-corrected chi connectivity index (χ0v) is 11.7. The molecule has 19 heavy (non-hydrogen) atoms. The van der Waals surface area contributed by atoms with Gasteiger partial charge in [-0.15, -0.1) is 0 Å². The topological polar surface area (TPSA) is 38.3 Å². The van der Waals surface area contributed by atoms with E-state index in [0.29, 0.717) is 17.0 Å². The Kier molecular flexibility index (Phi) is 5.00. The first kappa shape index (κ1) is 14.1. The van der Waals surface area contributed by atoms with E-state index >= 15 is 0 Å². The lowest BCUT2D eigenvalue weighted by atomic mass is 10.0. The number of carbonyl (C=O) groups is 1. The van der Waals surface area contributed by atoms with E-state index in [1.54, 1.807) is 7.05 Å². The van der Waals surface area contributed by atoms with Crippen LogP contribution in [0.4, 0.5) is 0 Å². The van der Waals surface area contributed by atoms with E-state index < -0.39 is 0 Å². The molecule has 0 saturated carbocycles. The number of benzene rings is 1. The third kappa shape index (κ3) is 3.58. The van der Waals surface area contributed by atoms with Crippen LogP contribution in [0.15, 0.2) is 35.9 Å². The van der Waals surface area contributed by atoms with Crippen LogP contribution in [0.2, 0.25) is 0 Å². The number of nitrogens with one attached hydrogen (secondary N) is 1. The fraction of sp³-hybridized carbons (Fsp3) is 0.400. The van der Waals surface area contributed by atoms with Gasteiger partial charge in [-0.1, -0.05) is 41.9 Å². The summed E-state index contributed by atoms with van der Waals surface area (Å²) in [5.74, 6) is -0.135. The molecule has 1 amide bonds. The van der Waals surface area contributed by atoms with Crippen LogP contribution in [0.5, 0.6) is 0 Å². The minimum Gasteiger partial charge on any atom is -0.378 e. The van der Waals surface area contributed by atoms with Crippen molar-refractivity contribution in [3.8, 4) is 0 Å². The SMILES string of the molecule is CNC(=O)/C(CC1CCCO1)=C(/Cl)c1ccccc1. The van der Waals surface area contributed by atoms with E-state index in [0.717, 1.165) is 25.0 Å². The Labute approximate surface area is 118 Å². The quantitative estimate of drug-likeness (QED) is 0.861. The van der Waals surface area contributed by atoms with E-state index in [4.69, 9.17) is 16.3 Å². The highest BCUT2D eigenvalue weighted by molar-refractivity contribution is 6.51. The van der Waals surface area contributed by atoms with Gasteiger partial charge in [0.25, 0.3) is 0 Å². The summed E-state index contributed by atoms with van der Waals surface area (Å²) in [7, 11) is 1.62. The molecule has 1 saturated heterocycles. The smallest absolute Gasteiger partial charge is 0.248 e. The number of likely N-dealkylation sites (N-methyl/N-ethyl adjacent to an activating group) is 1. The molecule has 0 radical (unpaired) electrons. The number of carbonyl (C=O) groups excluding carboxylic acids is 1. The van der Waals surface area contributed by atoms with E-state index in [9.17, 15) is 4.79 Å². The van der Waals surface area contributed by atoms with E-state index in [1.165, 1.54) is 0 Å². The molecule has 3 nitrogen and oxygen atoms in total. The lowest BCUT2D eigenvalue weighted by Gasteiger charge is -2.14. The van der Waals surface area contributed by atoms with Crippen LogP contribution in [-0.4, -0.2) is 25.7 Å². The Morgan fingerprint density at radius 2 is 2.16 bits per heavy atom. The first-order chi connectivity index (χ1) is 9.22. The van der Waals surface area contributed by atoms with Gasteiger partial charge < -0.3 is 10.1 Å². The fourth-order valence-corrected chi connectivity index (χ4v) is 2.51. The summed E-state index contributed by atoms with van der Waals surface area (Å²) in [5.41, 5.74) is 1.46. The minimum absolute atomic E-state index is 0.102. The average Bonchev–Trinajstić information content (AvgIpc) is 2.97. The Balaban J connectivity index is 2.27. The molecule has 1 aromatic carbocycles. The molecule has 1 atom stereocenters. The zero-order valence-electron chi connectivity index (χ0n) is 11.0. The van der Waals surface area contributed by atoms with Crippen molar-refractivity contribution in [3.63, 3.8) is 0 Å². The first-order valence-corrected chi connectivity index (χ1v) is 6.88. The molecule has 4 heteroatoms. The molecular formula is C15H18ClNO2. The van der Waals surface area contributed by atoms with Gasteiger partial charge in [0.05, 0.1) is 11.1 Å². The second-order valence-corrected chi connectivity index (χ2v) is 4.95. The Hall–Kier alpha value is -1.32. The van der Waals surface area contributed by atoms with Gasteiger partial charge in [-0.2, -0.15) is 0 Å². The standard InChI is InChI=1S/C15H18ClNO2/c1-17-15(18)13(10-12-8-5-9-19-12)14(16)11-6-3-2-4-7-11/h2-4,6-7,12H,5,8-10H2,1H3,(H,17,18)/b14-13+. The van der Waals surface area contributed by atoms with Crippen LogP contribution in [0.1, 0.15) is 24.8 Å². The normalized spacial score (nSPS) is 20.0. The molecule has 1 aliphatic rings. The highest BCUT2D eigenvalue weighted by Gasteiger charge is 2.22. The maximum absolute atomic E-state index is 12.0.